The van der Waals surface area contributed by atoms with Crippen LogP contribution >= 0.6 is 0 Å². The molecule has 0 saturated carbocycles. The standard InChI is InChI=1S/C18H20N2O3/c1-13(11-12-21)19-17(22)15-7-9-16(10-8-15)20-18(23)14-5-3-2-4-6-14/h2-10,13,21H,11-12H2,1H3,(H,19,22)(H,20,23). The van der Waals surface area contributed by atoms with Crippen LogP contribution in [0, 0.1) is 0 Å². The van der Waals surface area contributed by atoms with E-state index in [1.807, 2.05) is 13.0 Å². The first-order valence-electron chi connectivity index (χ1n) is 7.48. The van der Waals surface area contributed by atoms with Crippen molar-refractivity contribution in [2.45, 2.75) is 19.4 Å². The fraction of sp³-hybridized carbons (Fsp3) is 0.222. The zero-order chi connectivity index (χ0) is 16.7. The van der Waals surface area contributed by atoms with Crippen molar-refractivity contribution in [2.75, 3.05) is 11.9 Å². The topological polar surface area (TPSA) is 78.4 Å². The fourth-order valence-electron chi connectivity index (χ4n) is 2.07. The van der Waals surface area contributed by atoms with Crippen molar-refractivity contribution in [3.05, 3.63) is 65.7 Å². The Morgan fingerprint density at radius 3 is 2.17 bits per heavy atom. The highest BCUT2D eigenvalue weighted by Crippen LogP contribution is 2.12. The van der Waals surface area contributed by atoms with E-state index in [-0.39, 0.29) is 24.5 Å². The van der Waals surface area contributed by atoms with Gasteiger partial charge in [-0.15, -0.1) is 0 Å². The van der Waals surface area contributed by atoms with Gasteiger partial charge in [0.1, 0.15) is 0 Å². The van der Waals surface area contributed by atoms with E-state index in [0.717, 1.165) is 0 Å². The van der Waals surface area contributed by atoms with E-state index in [0.29, 0.717) is 23.2 Å². The first-order valence-corrected chi connectivity index (χ1v) is 7.48. The molecule has 0 saturated heterocycles. The Morgan fingerprint density at radius 2 is 1.57 bits per heavy atom. The third-order valence-electron chi connectivity index (χ3n) is 3.38. The minimum absolute atomic E-state index is 0.0336. The Kier molecular flexibility index (Phi) is 5.88. The summed E-state index contributed by atoms with van der Waals surface area (Å²) in [5.74, 6) is -0.397. The second kappa shape index (κ2) is 8.10. The predicted octanol–water partition coefficient (Wildman–Crippen LogP) is 2.44. The van der Waals surface area contributed by atoms with E-state index in [2.05, 4.69) is 10.6 Å². The third-order valence-corrected chi connectivity index (χ3v) is 3.38. The molecule has 2 rings (SSSR count). The Morgan fingerprint density at radius 1 is 0.957 bits per heavy atom. The first-order chi connectivity index (χ1) is 11.1. The molecule has 3 N–H and O–H groups in total. The van der Waals surface area contributed by atoms with Gasteiger partial charge in [-0.3, -0.25) is 9.59 Å². The number of aliphatic hydroxyl groups is 1. The van der Waals surface area contributed by atoms with E-state index in [1.165, 1.54) is 0 Å². The van der Waals surface area contributed by atoms with Crippen LogP contribution < -0.4 is 10.6 Å². The summed E-state index contributed by atoms with van der Waals surface area (Å²) in [5.41, 5.74) is 1.71. The summed E-state index contributed by atoms with van der Waals surface area (Å²) in [6.07, 6.45) is 0.511. The zero-order valence-corrected chi connectivity index (χ0v) is 13.0. The Labute approximate surface area is 135 Å². The van der Waals surface area contributed by atoms with Gasteiger partial charge in [0.05, 0.1) is 0 Å². The molecule has 0 bridgehead atoms. The molecule has 0 aromatic heterocycles. The van der Waals surface area contributed by atoms with Crippen molar-refractivity contribution in [2.24, 2.45) is 0 Å². The van der Waals surface area contributed by atoms with Crippen LogP contribution in [0.15, 0.2) is 54.6 Å². The summed E-state index contributed by atoms with van der Waals surface area (Å²) in [6, 6.07) is 15.5. The fourth-order valence-corrected chi connectivity index (χ4v) is 2.07. The molecule has 0 aliphatic heterocycles. The van der Waals surface area contributed by atoms with Gasteiger partial charge in [0.2, 0.25) is 0 Å². The van der Waals surface area contributed by atoms with Gasteiger partial charge in [-0.2, -0.15) is 0 Å². The van der Waals surface area contributed by atoms with Crippen molar-refractivity contribution < 1.29 is 14.7 Å². The quantitative estimate of drug-likeness (QED) is 0.766. The lowest BCUT2D eigenvalue weighted by molar-refractivity contribution is 0.0934. The normalized spacial score (nSPS) is 11.6. The summed E-state index contributed by atoms with van der Waals surface area (Å²) in [7, 11) is 0. The maximum Gasteiger partial charge on any atom is 0.255 e. The maximum absolute atomic E-state index is 12.0. The van der Waals surface area contributed by atoms with Crippen LogP contribution in [-0.4, -0.2) is 29.6 Å². The lowest BCUT2D eigenvalue weighted by Crippen LogP contribution is -2.33. The number of amides is 2. The number of rotatable bonds is 6. The van der Waals surface area contributed by atoms with Crippen LogP contribution in [0.25, 0.3) is 0 Å². The Bertz CT molecular complexity index is 654. The molecule has 1 unspecified atom stereocenters. The van der Waals surface area contributed by atoms with Crippen molar-refractivity contribution in [1.82, 2.24) is 5.32 Å². The van der Waals surface area contributed by atoms with Crippen molar-refractivity contribution >= 4 is 17.5 Å². The highest BCUT2D eigenvalue weighted by molar-refractivity contribution is 6.04. The number of hydrogen-bond acceptors (Lipinski definition) is 3. The van der Waals surface area contributed by atoms with Crippen LogP contribution in [0.4, 0.5) is 5.69 Å². The van der Waals surface area contributed by atoms with E-state index in [1.54, 1.807) is 48.5 Å². The molecule has 2 aromatic rings. The largest absolute Gasteiger partial charge is 0.396 e. The molecule has 23 heavy (non-hydrogen) atoms. The monoisotopic (exact) mass is 312 g/mol. The minimum atomic E-state index is -0.202. The Hall–Kier alpha value is -2.66. The summed E-state index contributed by atoms with van der Waals surface area (Å²) in [4.78, 5) is 24.0. The van der Waals surface area contributed by atoms with Crippen LogP contribution in [0.2, 0.25) is 0 Å². The Balaban J connectivity index is 1.97. The maximum atomic E-state index is 12.0. The van der Waals surface area contributed by atoms with Gasteiger partial charge in [0.15, 0.2) is 0 Å². The molecule has 2 amide bonds. The summed E-state index contributed by atoms with van der Waals surface area (Å²) in [5, 5.41) is 14.4. The molecule has 5 heteroatoms. The first kappa shape index (κ1) is 16.7. The van der Waals surface area contributed by atoms with Gasteiger partial charge in [0.25, 0.3) is 11.8 Å². The lowest BCUT2D eigenvalue weighted by Gasteiger charge is -2.12. The molecule has 0 aliphatic carbocycles. The number of carbonyl (C=O) groups is 2. The number of benzene rings is 2. The molecular formula is C18H20N2O3. The van der Waals surface area contributed by atoms with Crippen molar-refractivity contribution in [3.8, 4) is 0 Å². The SMILES string of the molecule is CC(CCO)NC(=O)c1ccc(NC(=O)c2ccccc2)cc1. The van der Waals surface area contributed by atoms with Crippen LogP contribution in [0.3, 0.4) is 0 Å². The second-order valence-electron chi connectivity index (χ2n) is 5.28. The third kappa shape index (κ3) is 4.93. The average molecular weight is 312 g/mol. The molecule has 120 valence electrons. The van der Waals surface area contributed by atoms with Crippen LogP contribution in [0.5, 0.6) is 0 Å². The number of nitrogens with one attached hydrogen (secondary N) is 2. The molecule has 5 nitrogen and oxygen atoms in total. The van der Waals surface area contributed by atoms with Gasteiger partial charge in [-0.1, -0.05) is 18.2 Å². The smallest absolute Gasteiger partial charge is 0.255 e. The highest BCUT2D eigenvalue weighted by atomic mass is 16.3. The summed E-state index contributed by atoms with van der Waals surface area (Å²) >= 11 is 0. The summed E-state index contributed by atoms with van der Waals surface area (Å²) < 4.78 is 0. The van der Waals surface area contributed by atoms with Gasteiger partial charge in [-0.25, -0.2) is 0 Å². The molecule has 2 aromatic carbocycles. The van der Waals surface area contributed by atoms with Crippen LogP contribution in [0.1, 0.15) is 34.1 Å². The number of hydrogen-bond donors (Lipinski definition) is 3. The van der Waals surface area contributed by atoms with Gasteiger partial charge < -0.3 is 15.7 Å². The van der Waals surface area contributed by atoms with Crippen molar-refractivity contribution in [1.29, 1.82) is 0 Å². The van der Waals surface area contributed by atoms with Gasteiger partial charge >= 0.3 is 0 Å². The minimum Gasteiger partial charge on any atom is -0.396 e. The lowest BCUT2D eigenvalue weighted by atomic mass is 10.1. The average Bonchev–Trinajstić information content (AvgIpc) is 2.56. The molecule has 0 aliphatic rings. The van der Waals surface area contributed by atoms with E-state index in [9.17, 15) is 9.59 Å². The van der Waals surface area contributed by atoms with Gasteiger partial charge in [-0.05, 0) is 49.7 Å². The summed E-state index contributed by atoms with van der Waals surface area (Å²) in [6.45, 7) is 1.87. The van der Waals surface area contributed by atoms with Gasteiger partial charge in [0, 0.05) is 29.5 Å². The van der Waals surface area contributed by atoms with Crippen molar-refractivity contribution in [3.63, 3.8) is 0 Å². The predicted molar refractivity (Wildman–Crippen MR) is 89.5 cm³/mol. The molecule has 0 spiro atoms. The van der Waals surface area contributed by atoms with Crippen LogP contribution in [-0.2, 0) is 0 Å². The van der Waals surface area contributed by atoms with E-state index >= 15 is 0 Å². The number of aliphatic hydroxyl groups excluding tert-OH is 1. The zero-order valence-electron chi connectivity index (χ0n) is 13.0. The second-order valence-corrected chi connectivity index (χ2v) is 5.28. The number of carbonyl (C=O) groups excluding carboxylic acids is 2. The van der Waals surface area contributed by atoms with E-state index < -0.39 is 0 Å². The van der Waals surface area contributed by atoms with E-state index in [4.69, 9.17) is 5.11 Å². The molecule has 1 atom stereocenters. The highest BCUT2D eigenvalue weighted by Gasteiger charge is 2.10. The number of anilines is 1. The molecule has 0 heterocycles. The molecule has 0 radical (unpaired) electrons. The molecular weight excluding hydrogens is 292 g/mol. The molecule has 0 fully saturated rings.